The molecule has 5 rings (SSSR count). The highest BCUT2D eigenvalue weighted by atomic mass is 19.4. The number of alkyl halides is 3. The van der Waals surface area contributed by atoms with Crippen LogP contribution in [0.2, 0.25) is 0 Å². The number of nitrogens with one attached hydrogen (secondary N) is 1. The summed E-state index contributed by atoms with van der Waals surface area (Å²) in [5, 5.41) is 4.01. The summed E-state index contributed by atoms with van der Waals surface area (Å²) in [5.41, 5.74) is -1.37. The first kappa shape index (κ1) is 20.8. The highest BCUT2D eigenvalue weighted by molar-refractivity contribution is 5.81. The Balaban J connectivity index is 1.32. The molecule has 9 nitrogen and oxygen atoms in total. The van der Waals surface area contributed by atoms with E-state index in [1.54, 1.807) is 6.07 Å². The topological polar surface area (TPSA) is 112 Å². The summed E-state index contributed by atoms with van der Waals surface area (Å²) in [6, 6.07) is 7.66. The fourth-order valence-electron chi connectivity index (χ4n) is 3.54. The monoisotopic (exact) mass is 460 g/mol. The summed E-state index contributed by atoms with van der Waals surface area (Å²) in [6.07, 6.45) is -3.96. The molecule has 0 radical (unpaired) electrons. The van der Waals surface area contributed by atoms with Gasteiger partial charge < -0.3 is 19.0 Å². The Kier molecular flexibility index (Phi) is 4.91. The number of aromatic nitrogens is 4. The van der Waals surface area contributed by atoms with Gasteiger partial charge in [-0.1, -0.05) is 17.3 Å². The van der Waals surface area contributed by atoms with Crippen LogP contribution in [-0.2, 0) is 19.1 Å². The van der Waals surface area contributed by atoms with E-state index in [1.165, 1.54) is 18.2 Å². The Bertz CT molecular complexity index is 1470. The predicted molar refractivity (Wildman–Crippen MR) is 108 cm³/mol. The van der Waals surface area contributed by atoms with Crippen LogP contribution in [0.15, 0.2) is 50.5 Å². The molecule has 33 heavy (non-hydrogen) atoms. The van der Waals surface area contributed by atoms with E-state index in [0.717, 1.165) is 16.7 Å². The highest BCUT2D eigenvalue weighted by Crippen LogP contribution is 2.34. The second kappa shape index (κ2) is 7.80. The number of ether oxygens (including phenoxy) is 2. The molecule has 0 spiro atoms. The third kappa shape index (κ3) is 3.95. The molecule has 0 saturated carbocycles. The van der Waals surface area contributed by atoms with Gasteiger partial charge in [-0.3, -0.25) is 9.36 Å². The standard InChI is InChI=1S/C21H15F3N4O5/c22-21(23,24)12-4-1-3-11(7-12)18-26-17(33-27-18)5-2-6-28-19(29)13-8-15-16(32-10-31-15)9-14(13)25-20(28)30/h1,3-4,7-9H,2,5-6,10H2,(H,25,30). The lowest BCUT2D eigenvalue weighted by Crippen LogP contribution is -2.35. The van der Waals surface area contributed by atoms with Crippen molar-refractivity contribution in [2.24, 2.45) is 0 Å². The third-order valence-electron chi connectivity index (χ3n) is 5.16. The van der Waals surface area contributed by atoms with E-state index in [2.05, 4.69) is 15.1 Å². The van der Waals surface area contributed by atoms with Crippen LogP contribution in [-0.4, -0.2) is 26.5 Å². The Morgan fingerprint density at radius 3 is 2.67 bits per heavy atom. The molecular weight excluding hydrogens is 445 g/mol. The molecule has 2 aromatic carbocycles. The van der Waals surface area contributed by atoms with Gasteiger partial charge in [-0.15, -0.1) is 0 Å². The lowest BCUT2D eigenvalue weighted by Gasteiger charge is -2.06. The number of aromatic amines is 1. The van der Waals surface area contributed by atoms with Crippen molar-refractivity contribution in [2.45, 2.75) is 25.6 Å². The number of fused-ring (bicyclic) bond motifs is 2. The normalized spacial score (nSPS) is 13.1. The minimum Gasteiger partial charge on any atom is -0.454 e. The summed E-state index contributed by atoms with van der Waals surface area (Å²) in [4.78, 5) is 32.0. The van der Waals surface area contributed by atoms with Crippen LogP contribution >= 0.6 is 0 Å². The first-order valence-electron chi connectivity index (χ1n) is 9.86. The minimum atomic E-state index is -4.48. The third-order valence-corrected chi connectivity index (χ3v) is 5.16. The average Bonchev–Trinajstić information content (AvgIpc) is 3.43. The van der Waals surface area contributed by atoms with Gasteiger partial charge in [0.2, 0.25) is 18.5 Å². The molecule has 3 heterocycles. The van der Waals surface area contributed by atoms with E-state index in [0.29, 0.717) is 23.4 Å². The predicted octanol–water partition coefficient (Wildman–Crippen LogP) is 3.12. The number of halogens is 3. The van der Waals surface area contributed by atoms with Crippen LogP contribution in [0.4, 0.5) is 13.2 Å². The fourth-order valence-corrected chi connectivity index (χ4v) is 3.54. The summed E-state index contributed by atoms with van der Waals surface area (Å²) in [5.74, 6) is 1.07. The smallest absolute Gasteiger partial charge is 0.416 e. The Labute approximate surface area is 182 Å². The van der Waals surface area contributed by atoms with Crippen LogP contribution in [0.1, 0.15) is 17.9 Å². The molecule has 170 valence electrons. The summed E-state index contributed by atoms with van der Waals surface area (Å²) >= 11 is 0. The number of aryl methyl sites for hydroxylation is 1. The maximum Gasteiger partial charge on any atom is 0.416 e. The van der Waals surface area contributed by atoms with Crippen molar-refractivity contribution in [3.05, 3.63) is 68.7 Å². The van der Waals surface area contributed by atoms with Crippen molar-refractivity contribution in [3.8, 4) is 22.9 Å². The van der Waals surface area contributed by atoms with Gasteiger partial charge in [-0.05, 0) is 24.6 Å². The molecule has 1 aliphatic rings. The highest BCUT2D eigenvalue weighted by Gasteiger charge is 2.30. The minimum absolute atomic E-state index is 0.0212. The lowest BCUT2D eigenvalue weighted by molar-refractivity contribution is -0.137. The summed E-state index contributed by atoms with van der Waals surface area (Å²) in [7, 11) is 0. The second-order valence-corrected chi connectivity index (χ2v) is 7.33. The van der Waals surface area contributed by atoms with Crippen molar-refractivity contribution in [1.29, 1.82) is 0 Å². The van der Waals surface area contributed by atoms with Gasteiger partial charge in [0.15, 0.2) is 11.5 Å². The van der Waals surface area contributed by atoms with Crippen molar-refractivity contribution in [3.63, 3.8) is 0 Å². The molecule has 0 atom stereocenters. The number of rotatable bonds is 5. The average molecular weight is 460 g/mol. The van der Waals surface area contributed by atoms with Crippen molar-refractivity contribution in [2.75, 3.05) is 6.79 Å². The molecule has 0 amide bonds. The molecule has 0 unspecified atom stereocenters. The number of hydrogen-bond acceptors (Lipinski definition) is 7. The molecule has 4 aromatic rings. The van der Waals surface area contributed by atoms with Crippen molar-refractivity contribution in [1.82, 2.24) is 19.7 Å². The van der Waals surface area contributed by atoms with Gasteiger partial charge in [0.05, 0.1) is 16.5 Å². The molecular formula is C21H15F3N4O5. The van der Waals surface area contributed by atoms with E-state index < -0.39 is 23.0 Å². The zero-order chi connectivity index (χ0) is 23.2. The van der Waals surface area contributed by atoms with E-state index in [4.69, 9.17) is 14.0 Å². The number of hydrogen-bond donors (Lipinski definition) is 1. The van der Waals surface area contributed by atoms with E-state index in [1.807, 2.05) is 0 Å². The van der Waals surface area contributed by atoms with Crippen LogP contribution in [0, 0.1) is 0 Å². The fraction of sp³-hybridized carbons (Fsp3) is 0.238. The SMILES string of the molecule is O=c1[nH]c2cc3c(cc2c(=O)n1CCCc1nc(-c2cccc(C(F)(F)F)c2)no1)OCO3. The van der Waals surface area contributed by atoms with Crippen molar-refractivity contribution < 1.29 is 27.2 Å². The molecule has 1 N–H and O–H groups in total. The summed E-state index contributed by atoms with van der Waals surface area (Å²) < 4.78 is 55.4. The van der Waals surface area contributed by atoms with E-state index in [-0.39, 0.29) is 42.4 Å². The zero-order valence-corrected chi connectivity index (χ0v) is 16.8. The lowest BCUT2D eigenvalue weighted by atomic mass is 10.1. The molecule has 0 bridgehead atoms. The summed E-state index contributed by atoms with van der Waals surface area (Å²) in [6.45, 7) is 0.108. The van der Waals surface area contributed by atoms with E-state index in [9.17, 15) is 22.8 Å². The zero-order valence-electron chi connectivity index (χ0n) is 16.8. The quantitative estimate of drug-likeness (QED) is 0.487. The van der Waals surface area contributed by atoms with Crippen LogP contribution in [0.3, 0.4) is 0 Å². The molecule has 0 saturated heterocycles. The number of H-pyrrole nitrogens is 1. The van der Waals surface area contributed by atoms with Gasteiger partial charge in [-0.2, -0.15) is 18.2 Å². The first-order valence-corrected chi connectivity index (χ1v) is 9.86. The molecule has 2 aromatic heterocycles. The van der Waals surface area contributed by atoms with Gasteiger partial charge in [0.1, 0.15) is 0 Å². The molecule has 12 heteroatoms. The number of nitrogens with zero attached hydrogens (tertiary/aromatic N) is 3. The molecule has 0 fully saturated rings. The Morgan fingerprint density at radius 2 is 1.88 bits per heavy atom. The van der Waals surface area contributed by atoms with Crippen LogP contribution in [0.25, 0.3) is 22.3 Å². The second-order valence-electron chi connectivity index (χ2n) is 7.33. The van der Waals surface area contributed by atoms with Gasteiger partial charge in [-0.25, -0.2) is 4.79 Å². The van der Waals surface area contributed by atoms with Gasteiger partial charge in [0.25, 0.3) is 5.56 Å². The Morgan fingerprint density at radius 1 is 1.09 bits per heavy atom. The van der Waals surface area contributed by atoms with E-state index >= 15 is 0 Å². The molecule has 1 aliphatic heterocycles. The van der Waals surface area contributed by atoms with Gasteiger partial charge >= 0.3 is 11.9 Å². The first-order chi connectivity index (χ1) is 15.8. The Hall–Kier alpha value is -4.09. The largest absolute Gasteiger partial charge is 0.454 e. The van der Waals surface area contributed by atoms with Gasteiger partial charge in [0, 0.05) is 24.6 Å². The maximum absolute atomic E-state index is 12.9. The maximum atomic E-state index is 12.9. The van der Waals surface area contributed by atoms with Crippen LogP contribution in [0.5, 0.6) is 11.5 Å². The van der Waals surface area contributed by atoms with Crippen LogP contribution < -0.4 is 20.7 Å². The molecule has 0 aliphatic carbocycles. The number of benzene rings is 2. The van der Waals surface area contributed by atoms with Crippen molar-refractivity contribution >= 4 is 10.9 Å².